The van der Waals surface area contributed by atoms with Crippen molar-refractivity contribution in [2.45, 2.75) is 23.3 Å². The molecule has 0 bridgehead atoms. The average Bonchev–Trinajstić information content (AvgIpc) is 1.68. The average molecular weight is 193 g/mol. The van der Waals surface area contributed by atoms with Crippen molar-refractivity contribution < 1.29 is 16.5 Å². The zero-order valence-corrected chi connectivity index (χ0v) is 8.15. The van der Waals surface area contributed by atoms with Gasteiger partial charge in [0.1, 0.15) is 0 Å². The van der Waals surface area contributed by atoms with Crippen LogP contribution >= 0.6 is 18.6 Å². The Kier molecular flexibility index (Phi) is 2.70. The summed E-state index contributed by atoms with van der Waals surface area (Å²) in [5.41, 5.74) is 0. The molecule has 0 rings (SSSR count). The normalized spacial score (nSPS) is 14.1. The summed E-state index contributed by atoms with van der Waals surface area (Å²) < 4.78 is 12.0. The van der Waals surface area contributed by atoms with Gasteiger partial charge < -0.3 is 0 Å². The first-order valence-electron chi connectivity index (χ1n) is 2.70. The predicted molar refractivity (Wildman–Crippen MR) is 33.4 cm³/mol. The van der Waals surface area contributed by atoms with Gasteiger partial charge in [-0.1, -0.05) is 0 Å². The molecule has 8 heavy (non-hydrogen) atoms. The van der Waals surface area contributed by atoms with E-state index in [1.807, 2.05) is 0 Å². The standard InChI is InChI=1S/2C2H5.2ClH.O.Ti/c2*1-2;;;;/h2*1H2,2H3;2*1H;;/q;;;;;+2/p-2. The molecule has 0 N–H and O–H groups in total. The minimum absolute atomic E-state index is 0.427. The van der Waals surface area contributed by atoms with Crippen LogP contribution in [0, 0.1) is 0 Å². The summed E-state index contributed by atoms with van der Waals surface area (Å²) in [4.78, 5) is 0. The second-order valence-corrected chi connectivity index (χ2v) is 16.3. The fraction of sp³-hybridized carbons (Fsp3) is 1.00. The Hall–Kier alpha value is 1.09. The fourth-order valence-corrected chi connectivity index (χ4v) is 1.03. The van der Waals surface area contributed by atoms with E-state index in [1.54, 1.807) is 13.8 Å². The third-order valence-electron chi connectivity index (χ3n) is 1.32. The molecule has 0 fully saturated rings. The van der Waals surface area contributed by atoms with Crippen molar-refractivity contribution in [2.24, 2.45) is 0 Å². The van der Waals surface area contributed by atoms with Gasteiger partial charge in [0.25, 0.3) is 0 Å². The molecule has 0 atom stereocenters. The van der Waals surface area contributed by atoms with Gasteiger partial charge in [0.05, 0.1) is 0 Å². The second kappa shape index (κ2) is 2.38. The summed E-state index contributed by atoms with van der Waals surface area (Å²) >= 11 is -4.01. The molecule has 0 amide bonds. The van der Waals surface area contributed by atoms with Crippen molar-refractivity contribution >= 4 is 18.6 Å². The molecule has 0 saturated heterocycles. The van der Waals surface area contributed by atoms with Crippen LogP contribution in [0.15, 0.2) is 0 Å². The van der Waals surface area contributed by atoms with Crippen LogP contribution in [-0.4, -0.2) is 0 Å². The number of rotatable bonds is 2. The molecule has 0 aromatic carbocycles. The number of hydrogen-bond acceptors (Lipinski definition) is 1. The first kappa shape index (κ1) is 9.09. The van der Waals surface area contributed by atoms with Gasteiger partial charge in [-0.25, -0.2) is 0 Å². The molecular formula is C4H10Cl2OTi. The molecule has 0 aliphatic carbocycles. The molecule has 4 heteroatoms. The van der Waals surface area contributed by atoms with E-state index in [0.29, 0.717) is 9.45 Å². The Morgan fingerprint density at radius 2 is 1.50 bits per heavy atom. The van der Waals surface area contributed by atoms with Crippen LogP contribution in [-0.2, 0) is 16.5 Å². The monoisotopic (exact) mass is 192 g/mol. The summed E-state index contributed by atoms with van der Waals surface area (Å²) in [5, 5.41) is 0. The van der Waals surface area contributed by atoms with Gasteiger partial charge in [0.2, 0.25) is 0 Å². The number of hydrogen-bond donors (Lipinski definition) is 0. The molecule has 50 valence electrons. The van der Waals surface area contributed by atoms with E-state index in [4.69, 9.17) is 18.6 Å². The van der Waals surface area contributed by atoms with Crippen LogP contribution in [0.5, 0.6) is 0 Å². The molecule has 1 nitrogen and oxygen atoms in total. The first-order chi connectivity index (χ1) is 3.39. The Balaban J connectivity index is 4.25. The van der Waals surface area contributed by atoms with Crippen LogP contribution in [0.25, 0.3) is 0 Å². The summed E-state index contributed by atoms with van der Waals surface area (Å²) in [7, 11) is 11.1. The van der Waals surface area contributed by atoms with Crippen molar-refractivity contribution in [2.75, 3.05) is 0 Å². The van der Waals surface area contributed by atoms with Gasteiger partial charge in [-0.3, -0.25) is 0 Å². The predicted octanol–water partition coefficient (Wildman–Crippen LogP) is 3.21. The Bertz CT molecular complexity index is 127. The Labute approximate surface area is 58.3 Å². The van der Waals surface area contributed by atoms with Crippen molar-refractivity contribution in [1.29, 1.82) is 0 Å². The van der Waals surface area contributed by atoms with Crippen LogP contribution in [0.4, 0.5) is 0 Å². The van der Waals surface area contributed by atoms with Gasteiger partial charge in [-0.15, -0.1) is 0 Å². The molecule has 0 unspecified atom stereocenters. The molecular weight excluding hydrogens is 183 g/mol. The molecule has 0 aromatic heterocycles. The molecule has 0 spiro atoms. The molecule has 0 aliphatic heterocycles. The van der Waals surface area contributed by atoms with E-state index >= 15 is 0 Å². The van der Waals surface area contributed by atoms with Crippen LogP contribution in [0.1, 0.15) is 13.8 Å². The molecule has 0 aromatic rings. The summed E-state index contributed by atoms with van der Waals surface area (Å²) in [6.07, 6.45) is 0. The van der Waals surface area contributed by atoms with E-state index in [2.05, 4.69) is 0 Å². The topological polar surface area (TPSA) is 17.1 Å². The summed E-state index contributed by atoms with van der Waals surface area (Å²) in [6, 6.07) is 0. The molecule has 0 radical (unpaired) electrons. The maximum atomic E-state index is 11.1. The van der Waals surface area contributed by atoms with Crippen molar-refractivity contribution in [1.82, 2.24) is 0 Å². The van der Waals surface area contributed by atoms with E-state index in [1.165, 1.54) is 0 Å². The van der Waals surface area contributed by atoms with Crippen molar-refractivity contribution in [3.63, 3.8) is 0 Å². The molecule has 0 heterocycles. The van der Waals surface area contributed by atoms with E-state index in [-0.39, 0.29) is 0 Å². The van der Waals surface area contributed by atoms with Gasteiger partial charge in [0.15, 0.2) is 0 Å². The van der Waals surface area contributed by atoms with E-state index in [9.17, 15) is 3.32 Å². The maximum absolute atomic E-state index is 11.1. The van der Waals surface area contributed by atoms with Gasteiger partial charge in [0, 0.05) is 0 Å². The third kappa shape index (κ3) is 3.19. The van der Waals surface area contributed by atoms with Gasteiger partial charge >= 0.3 is 58.4 Å². The van der Waals surface area contributed by atoms with Crippen LogP contribution in [0.3, 0.4) is 0 Å². The SMILES string of the molecule is C[CH2][Ti](=[O])([Cl])([Cl])[CH2]C. The van der Waals surface area contributed by atoms with Crippen molar-refractivity contribution in [3.8, 4) is 0 Å². The Morgan fingerprint density at radius 3 is 1.50 bits per heavy atom. The minimum atomic E-state index is -4.01. The second-order valence-electron chi connectivity index (χ2n) is 2.01. The van der Waals surface area contributed by atoms with Gasteiger partial charge in [-0.2, -0.15) is 0 Å². The summed E-state index contributed by atoms with van der Waals surface area (Å²) in [5.74, 6) is 0. The third-order valence-corrected chi connectivity index (χ3v) is 9.86. The first-order valence-corrected chi connectivity index (χ1v) is 9.85. The Morgan fingerprint density at radius 1 is 1.25 bits per heavy atom. The summed E-state index contributed by atoms with van der Waals surface area (Å²) in [6.45, 7) is 3.52. The quantitative estimate of drug-likeness (QED) is 0.615. The zero-order chi connectivity index (χ0) is 6.86. The van der Waals surface area contributed by atoms with Crippen LogP contribution in [0.2, 0.25) is 9.45 Å². The molecule has 0 aliphatic rings. The van der Waals surface area contributed by atoms with E-state index < -0.39 is 13.2 Å². The van der Waals surface area contributed by atoms with Gasteiger partial charge in [-0.05, 0) is 0 Å². The van der Waals surface area contributed by atoms with E-state index in [0.717, 1.165) is 0 Å². The fourth-order valence-electron chi connectivity index (χ4n) is 0.250. The van der Waals surface area contributed by atoms with Crippen molar-refractivity contribution in [3.05, 3.63) is 0 Å². The number of halogens is 2. The molecule has 0 saturated carbocycles. The zero-order valence-electron chi connectivity index (χ0n) is 5.08. The van der Waals surface area contributed by atoms with Crippen LogP contribution < -0.4 is 0 Å².